The first-order valence-electron chi connectivity index (χ1n) is 10.3. The van der Waals surface area contributed by atoms with Gasteiger partial charge in [0, 0.05) is 38.4 Å². The van der Waals surface area contributed by atoms with Crippen LogP contribution in [0.25, 0.3) is 0 Å². The van der Waals surface area contributed by atoms with Gasteiger partial charge in [0.1, 0.15) is 22.3 Å². The molecule has 1 saturated carbocycles. The zero-order chi connectivity index (χ0) is 22.0. The highest BCUT2D eigenvalue weighted by molar-refractivity contribution is 7.89. The molecule has 31 heavy (non-hydrogen) atoms. The summed E-state index contributed by atoms with van der Waals surface area (Å²) in [5.41, 5.74) is 0.351. The van der Waals surface area contributed by atoms with Crippen molar-refractivity contribution < 1.29 is 13.5 Å². The summed E-state index contributed by atoms with van der Waals surface area (Å²) in [5.74, 6) is 0.851. The van der Waals surface area contributed by atoms with E-state index in [2.05, 4.69) is 31.8 Å². The fraction of sp³-hybridized carbons (Fsp3) is 0.579. The van der Waals surface area contributed by atoms with Crippen LogP contribution in [0.15, 0.2) is 23.5 Å². The molecular formula is C19H26N8O3S. The van der Waals surface area contributed by atoms with E-state index >= 15 is 0 Å². The summed E-state index contributed by atoms with van der Waals surface area (Å²) in [6.45, 7) is 0.770. The van der Waals surface area contributed by atoms with E-state index in [4.69, 9.17) is 0 Å². The minimum Gasteiger partial charge on any atom is -0.393 e. The predicted octanol–water partition coefficient (Wildman–Crippen LogP) is 0.672. The molecule has 2 aliphatic rings. The number of hydrogen-bond acceptors (Lipinski definition) is 9. The van der Waals surface area contributed by atoms with Crippen molar-refractivity contribution in [2.24, 2.45) is 7.05 Å². The highest BCUT2D eigenvalue weighted by atomic mass is 32.2. The summed E-state index contributed by atoms with van der Waals surface area (Å²) in [6, 6.07) is 2.19. The maximum absolute atomic E-state index is 12.7. The first-order valence-corrected chi connectivity index (χ1v) is 11.8. The van der Waals surface area contributed by atoms with E-state index in [-0.39, 0.29) is 23.1 Å². The van der Waals surface area contributed by atoms with Crippen LogP contribution in [0.4, 0.5) is 11.8 Å². The average molecular weight is 447 g/mol. The molecule has 0 unspecified atom stereocenters. The van der Waals surface area contributed by atoms with E-state index in [0.29, 0.717) is 49.7 Å². The van der Waals surface area contributed by atoms with Crippen molar-refractivity contribution >= 4 is 21.8 Å². The number of hydrogen-bond donors (Lipinski definition) is 3. The lowest BCUT2D eigenvalue weighted by Crippen LogP contribution is -2.42. The molecule has 166 valence electrons. The number of nitrogens with one attached hydrogen (secondary N) is 2. The van der Waals surface area contributed by atoms with Gasteiger partial charge in [-0.05, 0) is 32.1 Å². The molecule has 11 nitrogen and oxygen atoms in total. The van der Waals surface area contributed by atoms with Gasteiger partial charge in [0.15, 0.2) is 0 Å². The molecule has 0 bridgehead atoms. The van der Waals surface area contributed by atoms with Crippen molar-refractivity contribution in [3.63, 3.8) is 0 Å². The van der Waals surface area contributed by atoms with Crippen molar-refractivity contribution in [3.05, 3.63) is 24.2 Å². The maximum Gasteiger partial charge on any atom is 0.246 e. The van der Waals surface area contributed by atoms with Gasteiger partial charge in [0.05, 0.1) is 18.5 Å². The number of rotatable bonds is 6. The van der Waals surface area contributed by atoms with Gasteiger partial charge in [-0.25, -0.2) is 13.4 Å². The zero-order valence-electron chi connectivity index (χ0n) is 17.3. The Morgan fingerprint density at radius 2 is 1.94 bits per heavy atom. The maximum atomic E-state index is 12.7. The highest BCUT2D eigenvalue weighted by Crippen LogP contribution is 2.25. The smallest absolute Gasteiger partial charge is 0.246 e. The van der Waals surface area contributed by atoms with Gasteiger partial charge in [-0.3, -0.25) is 4.68 Å². The molecular weight excluding hydrogens is 420 g/mol. The summed E-state index contributed by atoms with van der Waals surface area (Å²) in [7, 11) is -1.86. The number of aliphatic hydroxyl groups is 1. The van der Waals surface area contributed by atoms with Crippen LogP contribution in [0.1, 0.15) is 37.7 Å². The number of aromatic nitrogens is 4. The molecule has 3 N–H and O–H groups in total. The number of aryl methyl sites for hydroxylation is 1. The van der Waals surface area contributed by atoms with Crippen LogP contribution in [0.3, 0.4) is 0 Å². The predicted molar refractivity (Wildman–Crippen MR) is 113 cm³/mol. The van der Waals surface area contributed by atoms with E-state index in [1.807, 2.05) is 0 Å². The molecule has 3 heterocycles. The van der Waals surface area contributed by atoms with Crippen LogP contribution in [-0.4, -0.2) is 68.9 Å². The van der Waals surface area contributed by atoms with Gasteiger partial charge in [0.2, 0.25) is 16.0 Å². The Morgan fingerprint density at radius 3 is 2.55 bits per heavy atom. The summed E-state index contributed by atoms with van der Waals surface area (Å²) >= 11 is 0. The fourth-order valence-corrected chi connectivity index (χ4v) is 5.49. The molecule has 2 atom stereocenters. The van der Waals surface area contributed by atoms with Gasteiger partial charge in [0.25, 0.3) is 0 Å². The first-order chi connectivity index (χ1) is 14.8. The number of piperidine rings is 1. The quantitative estimate of drug-likeness (QED) is 0.582. The van der Waals surface area contributed by atoms with E-state index in [0.717, 1.165) is 12.8 Å². The standard InChI is InChI=1S/C19H26N8O3S/c1-26-12-17(11-22-26)31(29,30)27-6-4-14(5-7-27)24-19-21-10-13(9-20)18(25-19)23-15-2-3-16(28)8-15/h10-12,14-16,28H,2-8H2,1H3,(H2,21,23,24,25)/t15-,16+/m1/s1. The van der Waals surface area contributed by atoms with Crippen molar-refractivity contribution in [1.82, 2.24) is 24.1 Å². The molecule has 2 aromatic rings. The lowest BCUT2D eigenvalue weighted by molar-refractivity contribution is 0.182. The Bertz CT molecular complexity index is 1070. The molecule has 12 heteroatoms. The van der Waals surface area contributed by atoms with Crippen molar-refractivity contribution in [2.45, 2.75) is 55.2 Å². The van der Waals surface area contributed by atoms with Crippen LogP contribution in [0.2, 0.25) is 0 Å². The molecule has 2 aromatic heterocycles. The van der Waals surface area contributed by atoms with Crippen molar-refractivity contribution in [2.75, 3.05) is 23.7 Å². The lowest BCUT2D eigenvalue weighted by atomic mass is 10.1. The van der Waals surface area contributed by atoms with Gasteiger partial charge in [-0.2, -0.15) is 19.6 Å². The fourth-order valence-electron chi connectivity index (χ4n) is 4.03. The Morgan fingerprint density at radius 1 is 1.16 bits per heavy atom. The van der Waals surface area contributed by atoms with Crippen LogP contribution in [0, 0.1) is 11.3 Å². The normalized spacial score (nSPS) is 22.9. The number of nitrogens with zero attached hydrogens (tertiary/aromatic N) is 6. The number of anilines is 2. The van der Waals surface area contributed by atoms with Gasteiger partial charge in [-0.15, -0.1) is 0 Å². The van der Waals surface area contributed by atoms with E-state index in [9.17, 15) is 18.8 Å². The van der Waals surface area contributed by atoms with E-state index in [1.54, 1.807) is 7.05 Å². The minimum absolute atomic E-state index is 0.0226. The van der Waals surface area contributed by atoms with Gasteiger partial charge in [-0.1, -0.05) is 0 Å². The first kappa shape index (κ1) is 21.5. The number of nitriles is 1. The number of sulfonamides is 1. The topological polar surface area (TPSA) is 149 Å². The summed E-state index contributed by atoms with van der Waals surface area (Å²) in [6.07, 6.45) is 7.42. The van der Waals surface area contributed by atoms with E-state index < -0.39 is 10.0 Å². The zero-order valence-corrected chi connectivity index (χ0v) is 18.1. The average Bonchev–Trinajstić information content (AvgIpc) is 3.37. The molecule has 1 saturated heterocycles. The Balaban J connectivity index is 1.38. The third-order valence-corrected chi connectivity index (χ3v) is 7.61. The third-order valence-electron chi connectivity index (χ3n) is 5.76. The second-order valence-corrected chi connectivity index (χ2v) is 9.99. The van der Waals surface area contributed by atoms with Crippen LogP contribution in [0.5, 0.6) is 0 Å². The molecule has 4 rings (SSSR count). The highest BCUT2D eigenvalue weighted by Gasteiger charge is 2.31. The second-order valence-electron chi connectivity index (χ2n) is 8.05. The summed E-state index contributed by atoms with van der Waals surface area (Å²) in [5, 5.41) is 29.5. The molecule has 0 amide bonds. The van der Waals surface area contributed by atoms with Crippen LogP contribution >= 0.6 is 0 Å². The largest absolute Gasteiger partial charge is 0.393 e. The summed E-state index contributed by atoms with van der Waals surface area (Å²) in [4.78, 5) is 8.90. The SMILES string of the molecule is Cn1cc(S(=O)(=O)N2CCC(Nc3ncc(C#N)c(N[C@@H]4CC[C@H](O)C4)n3)CC2)cn1. The lowest BCUT2D eigenvalue weighted by Gasteiger charge is -2.31. The summed E-state index contributed by atoms with van der Waals surface area (Å²) < 4.78 is 28.4. The Hall–Kier alpha value is -2.75. The molecule has 0 spiro atoms. The number of aliphatic hydroxyl groups excluding tert-OH is 1. The molecule has 1 aliphatic carbocycles. The minimum atomic E-state index is -3.55. The van der Waals surface area contributed by atoms with Gasteiger partial charge >= 0.3 is 0 Å². The third kappa shape index (κ3) is 4.79. The Labute approximate surface area is 181 Å². The Kier molecular flexibility index (Phi) is 6.08. The molecule has 2 fully saturated rings. The van der Waals surface area contributed by atoms with Gasteiger partial charge < -0.3 is 15.7 Å². The van der Waals surface area contributed by atoms with E-state index in [1.165, 1.54) is 27.6 Å². The monoisotopic (exact) mass is 446 g/mol. The van der Waals surface area contributed by atoms with Crippen LogP contribution in [-0.2, 0) is 17.1 Å². The molecule has 0 radical (unpaired) electrons. The molecule has 0 aromatic carbocycles. The second kappa shape index (κ2) is 8.78. The molecule has 1 aliphatic heterocycles. The van der Waals surface area contributed by atoms with Crippen LogP contribution < -0.4 is 10.6 Å². The van der Waals surface area contributed by atoms with Crippen molar-refractivity contribution in [1.29, 1.82) is 5.26 Å². The van der Waals surface area contributed by atoms with Crippen molar-refractivity contribution in [3.8, 4) is 6.07 Å².